The Hall–Kier alpha value is -3.68. The second kappa shape index (κ2) is 9.21. The molecule has 1 saturated heterocycles. The maximum absolute atomic E-state index is 12.4. The average Bonchev–Trinajstić information content (AvgIpc) is 3.09. The molecule has 3 amide bonds. The van der Waals surface area contributed by atoms with Crippen molar-refractivity contribution in [1.82, 2.24) is 4.90 Å². The van der Waals surface area contributed by atoms with Gasteiger partial charge in [-0.1, -0.05) is 30.3 Å². The summed E-state index contributed by atoms with van der Waals surface area (Å²) in [7, 11) is 0. The fourth-order valence-corrected chi connectivity index (χ4v) is 3.17. The Morgan fingerprint density at radius 1 is 1.13 bits per heavy atom. The Balaban J connectivity index is 1.51. The molecule has 0 bridgehead atoms. The van der Waals surface area contributed by atoms with Gasteiger partial charge in [-0.25, -0.2) is 0 Å². The van der Waals surface area contributed by atoms with E-state index in [0.29, 0.717) is 17.8 Å². The van der Waals surface area contributed by atoms with Crippen LogP contribution in [0.3, 0.4) is 0 Å². The number of hydrogen-bond acceptors (Lipinski definition) is 5. The molecule has 8 heteroatoms. The molecule has 0 radical (unpaired) electrons. The van der Waals surface area contributed by atoms with Crippen LogP contribution in [0.15, 0.2) is 54.6 Å². The molecule has 0 aliphatic carbocycles. The summed E-state index contributed by atoms with van der Waals surface area (Å²) in [5, 5.41) is 2.61. The second-order valence-electron chi connectivity index (χ2n) is 7.17. The minimum Gasteiger partial charge on any atom is -0.452 e. The third kappa shape index (κ3) is 5.22. The largest absolute Gasteiger partial charge is 0.452 e. The van der Waals surface area contributed by atoms with E-state index < -0.39 is 29.8 Å². The van der Waals surface area contributed by atoms with Crippen molar-refractivity contribution >= 4 is 29.4 Å². The summed E-state index contributed by atoms with van der Waals surface area (Å²) in [6.07, 6.45) is -0.971. The Morgan fingerprint density at radius 3 is 2.43 bits per heavy atom. The molecule has 2 aromatic rings. The molecule has 8 nitrogen and oxygen atoms in total. The maximum atomic E-state index is 12.4. The first kappa shape index (κ1) is 21.0. The average molecular weight is 409 g/mol. The van der Waals surface area contributed by atoms with Crippen molar-refractivity contribution < 1.29 is 23.9 Å². The Labute approximate surface area is 174 Å². The third-order valence-corrected chi connectivity index (χ3v) is 4.86. The highest BCUT2D eigenvalue weighted by atomic mass is 16.5. The molecule has 0 spiro atoms. The first-order chi connectivity index (χ1) is 14.3. The van der Waals surface area contributed by atoms with Crippen molar-refractivity contribution in [3.8, 4) is 0 Å². The summed E-state index contributed by atoms with van der Waals surface area (Å²) in [6.45, 7) is 2.15. The number of nitrogens with two attached hydrogens (primary N) is 1. The highest BCUT2D eigenvalue weighted by molar-refractivity contribution is 5.97. The molecule has 30 heavy (non-hydrogen) atoms. The number of benzene rings is 2. The van der Waals surface area contributed by atoms with Gasteiger partial charge < -0.3 is 20.7 Å². The number of primary amides is 1. The zero-order valence-electron chi connectivity index (χ0n) is 16.5. The van der Waals surface area contributed by atoms with E-state index in [0.717, 1.165) is 5.56 Å². The van der Waals surface area contributed by atoms with Crippen LogP contribution in [0.1, 0.15) is 29.3 Å². The van der Waals surface area contributed by atoms with Crippen molar-refractivity contribution in [1.29, 1.82) is 0 Å². The molecule has 156 valence electrons. The molecule has 1 heterocycles. The van der Waals surface area contributed by atoms with Crippen LogP contribution in [0.2, 0.25) is 0 Å². The van der Waals surface area contributed by atoms with Crippen molar-refractivity contribution in [3.63, 3.8) is 0 Å². The zero-order chi connectivity index (χ0) is 21.7. The smallest absolute Gasteiger partial charge is 0.312 e. The number of likely N-dealkylation sites (tertiary alicyclic amines) is 1. The van der Waals surface area contributed by atoms with Crippen LogP contribution in [0.5, 0.6) is 0 Å². The molecule has 0 saturated carbocycles. The van der Waals surface area contributed by atoms with Gasteiger partial charge in [-0.05, 0) is 36.8 Å². The highest BCUT2D eigenvalue weighted by Crippen LogP contribution is 2.22. The van der Waals surface area contributed by atoms with E-state index in [1.165, 1.54) is 31.2 Å². The lowest BCUT2D eigenvalue weighted by molar-refractivity contribution is -0.157. The number of hydrogen-bond donors (Lipinski definition) is 2. The summed E-state index contributed by atoms with van der Waals surface area (Å²) in [5.74, 6) is -2.38. The van der Waals surface area contributed by atoms with Crippen LogP contribution in [-0.4, -0.2) is 41.2 Å². The lowest BCUT2D eigenvalue weighted by atomic mass is 10.1. The molecule has 1 aliphatic heterocycles. The van der Waals surface area contributed by atoms with Gasteiger partial charge in [0.25, 0.3) is 5.91 Å². The van der Waals surface area contributed by atoms with Crippen molar-refractivity contribution in [2.75, 3.05) is 11.9 Å². The van der Waals surface area contributed by atoms with Gasteiger partial charge in [0.1, 0.15) is 0 Å². The van der Waals surface area contributed by atoms with Gasteiger partial charge in [0.05, 0.1) is 5.92 Å². The maximum Gasteiger partial charge on any atom is 0.312 e. The lowest BCUT2D eigenvalue weighted by Gasteiger charge is -2.18. The molecule has 1 aliphatic rings. The predicted octanol–water partition coefficient (Wildman–Crippen LogP) is 1.70. The van der Waals surface area contributed by atoms with E-state index in [2.05, 4.69) is 5.32 Å². The van der Waals surface area contributed by atoms with Crippen molar-refractivity contribution in [3.05, 3.63) is 65.7 Å². The van der Waals surface area contributed by atoms with Crippen molar-refractivity contribution in [2.45, 2.75) is 26.0 Å². The minimum atomic E-state index is -1.04. The SMILES string of the molecule is C[C@@H](OC(=O)[C@@H]1CC(=O)N(Cc2ccccc2)C1)C(=O)Nc1ccc(C(N)=O)cc1. The van der Waals surface area contributed by atoms with Crippen LogP contribution in [-0.2, 0) is 25.7 Å². The number of nitrogens with zero attached hydrogens (tertiary/aromatic N) is 1. The van der Waals surface area contributed by atoms with Crippen LogP contribution >= 0.6 is 0 Å². The van der Waals surface area contributed by atoms with Gasteiger partial charge in [0.15, 0.2) is 6.10 Å². The van der Waals surface area contributed by atoms with Gasteiger partial charge in [-0.2, -0.15) is 0 Å². The van der Waals surface area contributed by atoms with E-state index in [-0.39, 0.29) is 18.9 Å². The third-order valence-electron chi connectivity index (χ3n) is 4.86. The van der Waals surface area contributed by atoms with Gasteiger partial charge in [0, 0.05) is 30.8 Å². The van der Waals surface area contributed by atoms with E-state index in [4.69, 9.17) is 10.5 Å². The van der Waals surface area contributed by atoms with E-state index >= 15 is 0 Å². The lowest BCUT2D eigenvalue weighted by Crippen LogP contribution is -2.33. The number of carbonyl (C=O) groups is 4. The van der Waals surface area contributed by atoms with E-state index in [9.17, 15) is 19.2 Å². The standard InChI is InChI=1S/C22H23N3O5/c1-14(21(28)24-18-9-7-16(8-10-18)20(23)27)30-22(29)17-11-19(26)25(13-17)12-15-5-3-2-4-6-15/h2-10,14,17H,11-13H2,1H3,(H2,23,27)(H,24,28)/t14-,17-/m1/s1. The number of esters is 1. The molecule has 3 N–H and O–H groups in total. The number of anilines is 1. The van der Waals surface area contributed by atoms with Gasteiger partial charge >= 0.3 is 5.97 Å². The molecular weight excluding hydrogens is 386 g/mol. The van der Waals surface area contributed by atoms with Gasteiger partial charge in [-0.15, -0.1) is 0 Å². The number of amides is 3. The van der Waals surface area contributed by atoms with Crippen LogP contribution in [0.4, 0.5) is 5.69 Å². The van der Waals surface area contributed by atoms with Gasteiger partial charge in [-0.3, -0.25) is 19.2 Å². The Morgan fingerprint density at radius 2 is 1.80 bits per heavy atom. The quantitative estimate of drug-likeness (QED) is 0.675. The molecule has 0 aromatic heterocycles. The summed E-state index contributed by atoms with van der Waals surface area (Å²) in [6, 6.07) is 15.6. The molecule has 3 rings (SSSR count). The molecular formula is C22H23N3O5. The number of carbonyl (C=O) groups excluding carboxylic acids is 4. The predicted molar refractivity (Wildman–Crippen MR) is 109 cm³/mol. The van der Waals surface area contributed by atoms with Crippen LogP contribution in [0, 0.1) is 5.92 Å². The summed E-state index contributed by atoms with van der Waals surface area (Å²) in [4.78, 5) is 49.7. The van der Waals surface area contributed by atoms with E-state index in [1.54, 1.807) is 4.90 Å². The van der Waals surface area contributed by atoms with Crippen molar-refractivity contribution in [2.24, 2.45) is 11.7 Å². The van der Waals surface area contributed by atoms with E-state index in [1.807, 2.05) is 30.3 Å². The fourth-order valence-electron chi connectivity index (χ4n) is 3.17. The molecule has 1 fully saturated rings. The summed E-state index contributed by atoms with van der Waals surface area (Å²) in [5.41, 5.74) is 6.92. The van der Waals surface area contributed by atoms with Crippen LogP contribution in [0.25, 0.3) is 0 Å². The zero-order valence-corrected chi connectivity index (χ0v) is 16.5. The number of rotatable bonds is 7. The summed E-state index contributed by atoms with van der Waals surface area (Å²) < 4.78 is 5.27. The molecule has 2 aromatic carbocycles. The van der Waals surface area contributed by atoms with Crippen LogP contribution < -0.4 is 11.1 Å². The number of nitrogens with one attached hydrogen (secondary N) is 1. The Bertz CT molecular complexity index is 943. The van der Waals surface area contributed by atoms with Gasteiger partial charge in [0.2, 0.25) is 11.8 Å². The number of ether oxygens (including phenoxy) is 1. The first-order valence-corrected chi connectivity index (χ1v) is 9.56. The first-order valence-electron chi connectivity index (χ1n) is 9.56. The normalized spacial score (nSPS) is 16.8. The topological polar surface area (TPSA) is 119 Å². The fraction of sp³-hybridized carbons (Fsp3) is 0.273. The monoisotopic (exact) mass is 409 g/mol. The summed E-state index contributed by atoms with van der Waals surface area (Å²) >= 11 is 0. The Kier molecular flexibility index (Phi) is 6.46. The highest BCUT2D eigenvalue weighted by Gasteiger charge is 2.36. The molecule has 2 atom stereocenters. The minimum absolute atomic E-state index is 0.0641. The second-order valence-corrected chi connectivity index (χ2v) is 7.17. The molecule has 0 unspecified atom stereocenters.